The summed E-state index contributed by atoms with van der Waals surface area (Å²) in [6, 6.07) is 0.279. The number of esters is 1. The zero-order valence-corrected chi connectivity index (χ0v) is 11.7. The number of carbonyl (C=O) groups excluding carboxylic acids is 2. The summed E-state index contributed by atoms with van der Waals surface area (Å²) in [5.74, 6) is -0.809. The van der Waals surface area contributed by atoms with Gasteiger partial charge in [-0.2, -0.15) is 5.26 Å². The van der Waals surface area contributed by atoms with Gasteiger partial charge in [-0.25, -0.2) is 9.59 Å². The van der Waals surface area contributed by atoms with Crippen molar-refractivity contribution in [3.63, 3.8) is 0 Å². The van der Waals surface area contributed by atoms with Crippen LogP contribution in [0.4, 0.5) is 4.79 Å². The highest BCUT2D eigenvalue weighted by Crippen LogP contribution is 2.09. The van der Waals surface area contributed by atoms with Crippen LogP contribution in [0.5, 0.6) is 0 Å². The highest BCUT2D eigenvalue weighted by molar-refractivity contribution is 5.84. The third-order valence-electron chi connectivity index (χ3n) is 1.43. The molecular formula is C12H20N2O4. The highest BCUT2D eigenvalue weighted by atomic mass is 16.6. The Bertz CT molecular complexity index is 358. The molecular weight excluding hydrogens is 236 g/mol. The first kappa shape index (κ1) is 16.2. The van der Waals surface area contributed by atoms with E-state index >= 15 is 0 Å². The van der Waals surface area contributed by atoms with Crippen LogP contribution in [-0.2, 0) is 14.3 Å². The van der Waals surface area contributed by atoms with Crippen molar-refractivity contribution >= 4 is 12.1 Å². The Morgan fingerprint density at radius 3 is 1.83 bits per heavy atom. The summed E-state index contributed by atoms with van der Waals surface area (Å²) < 4.78 is 9.93. The van der Waals surface area contributed by atoms with Gasteiger partial charge in [0.1, 0.15) is 11.2 Å². The Morgan fingerprint density at radius 1 is 1.06 bits per heavy atom. The van der Waals surface area contributed by atoms with Gasteiger partial charge in [0.25, 0.3) is 0 Å². The van der Waals surface area contributed by atoms with Crippen LogP contribution in [0, 0.1) is 11.3 Å². The third kappa shape index (κ3) is 7.49. The third-order valence-corrected chi connectivity index (χ3v) is 1.43. The number of amides is 1. The summed E-state index contributed by atoms with van der Waals surface area (Å²) in [4.78, 5) is 23.0. The second kappa shape index (κ2) is 5.71. The molecule has 0 fully saturated rings. The zero-order chi connectivity index (χ0) is 14.6. The molecule has 0 rings (SSSR count). The van der Waals surface area contributed by atoms with E-state index in [1.165, 1.54) is 0 Å². The van der Waals surface area contributed by atoms with E-state index in [2.05, 4.69) is 5.32 Å². The second-order valence-electron chi connectivity index (χ2n) is 5.74. The van der Waals surface area contributed by atoms with Gasteiger partial charge in [-0.3, -0.25) is 5.32 Å². The van der Waals surface area contributed by atoms with E-state index in [1.807, 2.05) is 0 Å². The number of nitrogens with zero attached hydrogens (tertiary/aromatic N) is 1. The normalized spacial score (nSPS) is 13.2. The van der Waals surface area contributed by atoms with Gasteiger partial charge in [0.15, 0.2) is 0 Å². The first-order valence-corrected chi connectivity index (χ1v) is 5.56. The first-order valence-electron chi connectivity index (χ1n) is 5.56. The predicted octanol–water partition coefficient (Wildman–Crippen LogP) is 1.74. The van der Waals surface area contributed by atoms with Gasteiger partial charge in [-0.05, 0) is 41.5 Å². The van der Waals surface area contributed by atoms with E-state index in [4.69, 9.17) is 14.7 Å². The lowest BCUT2D eigenvalue weighted by Gasteiger charge is -2.23. The van der Waals surface area contributed by atoms with Gasteiger partial charge >= 0.3 is 12.1 Å². The lowest BCUT2D eigenvalue weighted by Crippen LogP contribution is -2.45. The van der Waals surface area contributed by atoms with Crippen molar-refractivity contribution in [1.82, 2.24) is 5.32 Å². The fourth-order valence-electron chi connectivity index (χ4n) is 0.930. The maximum Gasteiger partial charge on any atom is 0.409 e. The topological polar surface area (TPSA) is 88.4 Å². The summed E-state index contributed by atoms with van der Waals surface area (Å²) in [5.41, 5.74) is -1.42. The smallest absolute Gasteiger partial charge is 0.409 e. The van der Waals surface area contributed by atoms with Crippen molar-refractivity contribution in [2.75, 3.05) is 0 Å². The van der Waals surface area contributed by atoms with E-state index in [1.54, 1.807) is 47.6 Å². The number of nitriles is 1. The van der Waals surface area contributed by atoms with Crippen molar-refractivity contribution < 1.29 is 19.1 Å². The minimum atomic E-state index is -1.38. The summed E-state index contributed by atoms with van der Waals surface area (Å²) in [6.45, 7) is 10.1. The van der Waals surface area contributed by atoms with Gasteiger partial charge in [-0.1, -0.05) is 0 Å². The molecule has 0 aliphatic rings. The Morgan fingerprint density at radius 2 is 1.50 bits per heavy atom. The van der Waals surface area contributed by atoms with Crippen LogP contribution in [-0.4, -0.2) is 29.3 Å². The lowest BCUT2D eigenvalue weighted by molar-refractivity contribution is -0.155. The van der Waals surface area contributed by atoms with Crippen LogP contribution in [0.25, 0.3) is 0 Å². The number of hydrogen-bond acceptors (Lipinski definition) is 5. The van der Waals surface area contributed by atoms with Gasteiger partial charge < -0.3 is 9.47 Å². The monoisotopic (exact) mass is 256 g/mol. The average molecular weight is 256 g/mol. The summed E-state index contributed by atoms with van der Waals surface area (Å²) in [6.07, 6.45) is -0.833. The van der Waals surface area contributed by atoms with Gasteiger partial charge in [-0.15, -0.1) is 0 Å². The summed E-state index contributed by atoms with van der Waals surface area (Å²) in [5, 5.41) is 11.0. The van der Waals surface area contributed by atoms with E-state index in [0.29, 0.717) is 0 Å². The Kier molecular flexibility index (Phi) is 5.15. The SMILES string of the molecule is CC(C)(C)OC(=O)N[C@@H](C#N)C(=O)OC(C)(C)C. The number of alkyl carbamates (subject to hydrolysis) is 1. The van der Waals surface area contributed by atoms with E-state index in [0.717, 1.165) is 0 Å². The van der Waals surface area contributed by atoms with Crippen LogP contribution in [0.1, 0.15) is 41.5 Å². The van der Waals surface area contributed by atoms with Crippen LogP contribution in [0.15, 0.2) is 0 Å². The van der Waals surface area contributed by atoms with Crippen molar-refractivity contribution in [3.8, 4) is 6.07 Å². The molecule has 1 N–H and O–H groups in total. The molecule has 0 saturated heterocycles. The summed E-state index contributed by atoms with van der Waals surface area (Å²) in [7, 11) is 0. The molecule has 0 heterocycles. The molecule has 0 unspecified atom stereocenters. The number of rotatable bonds is 2. The Labute approximate surface area is 107 Å². The average Bonchev–Trinajstić information content (AvgIpc) is 2.07. The number of nitrogens with one attached hydrogen (secondary N) is 1. The molecule has 0 aromatic heterocycles. The predicted molar refractivity (Wildman–Crippen MR) is 64.6 cm³/mol. The van der Waals surface area contributed by atoms with Gasteiger partial charge in [0.05, 0.1) is 6.07 Å². The minimum Gasteiger partial charge on any atom is -0.458 e. The molecule has 0 aromatic rings. The van der Waals surface area contributed by atoms with Crippen LogP contribution in [0.2, 0.25) is 0 Å². The Balaban J connectivity index is 4.50. The molecule has 102 valence electrons. The molecule has 0 radical (unpaired) electrons. The molecule has 1 amide bonds. The van der Waals surface area contributed by atoms with Crippen LogP contribution < -0.4 is 5.32 Å². The van der Waals surface area contributed by atoms with Crippen LogP contribution in [0.3, 0.4) is 0 Å². The van der Waals surface area contributed by atoms with Crippen molar-refractivity contribution in [2.24, 2.45) is 0 Å². The molecule has 0 aromatic carbocycles. The second-order valence-corrected chi connectivity index (χ2v) is 5.74. The fourth-order valence-corrected chi connectivity index (χ4v) is 0.930. The van der Waals surface area contributed by atoms with Gasteiger partial charge in [0.2, 0.25) is 6.04 Å². The van der Waals surface area contributed by atoms with Crippen molar-refractivity contribution in [3.05, 3.63) is 0 Å². The number of ether oxygens (including phenoxy) is 2. The zero-order valence-electron chi connectivity index (χ0n) is 11.7. The maximum atomic E-state index is 11.6. The molecule has 6 nitrogen and oxygen atoms in total. The highest BCUT2D eigenvalue weighted by Gasteiger charge is 2.28. The fraction of sp³-hybridized carbons (Fsp3) is 0.750. The molecule has 0 aliphatic heterocycles. The number of hydrogen-bond donors (Lipinski definition) is 1. The van der Waals surface area contributed by atoms with Crippen LogP contribution >= 0.6 is 0 Å². The summed E-state index contributed by atoms with van der Waals surface area (Å²) >= 11 is 0. The van der Waals surface area contributed by atoms with E-state index in [9.17, 15) is 9.59 Å². The maximum absolute atomic E-state index is 11.6. The van der Waals surface area contributed by atoms with Gasteiger partial charge in [0, 0.05) is 0 Å². The quantitative estimate of drug-likeness (QED) is 0.760. The lowest BCUT2D eigenvalue weighted by atomic mass is 10.2. The number of carbonyl (C=O) groups is 2. The van der Waals surface area contributed by atoms with E-state index in [-0.39, 0.29) is 0 Å². The molecule has 6 heteroatoms. The molecule has 0 spiro atoms. The van der Waals surface area contributed by atoms with Crippen molar-refractivity contribution in [1.29, 1.82) is 5.26 Å². The minimum absolute atomic E-state index is 0.696. The Hall–Kier alpha value is -1.77. The standard InChI is InChI=1S/C12H20N2O4/c1-11(2,3)17-9(15)8(7-13)14-10(16)18-12(4,5)6/h8H,1-6H3,(H,14,16)/t8-/m0/s1. The molecule has 0 bridgehead atoms. The largest absolute Gasteiger partial charge is 0.458 e. The molecule has 1 atom stereocenters. The van der Waals surface area contributed by atoms with E-state index < -0.39 is 29.3 Å². The first-order chi connectivity index (χ1) is 7.94. The molecule has 0 aliphatic carbocycles. The van der Waals surface area contributed by atoms with Crippen molar-refractivity contribution in [2.45, 2.75) is 58.8 Å². The molecule has 0 saturated carbocycles. The molecule has 18 heavy (non-hydrogen) atoms.